The summed E-state index contributed by atoms with van der Waals surface area (Å²) in [6, 6.07) is 16.6. The third-order valence-corrected chi connectivity index (χ3v) is 6.42. The Kier molecular flexibility index (Phi) is 6.92. The standard InChI is InChI=1S/C24H27FN4OS/c1-17(9-10-18-6-3-2-4-7-18)26-23(30)21-8-5-15-29(21)24-27-22(28-31-24)16-19-11-13-20(25)14-12-19/h2-4,6-7,11-14,17,21H,5,8-10,15-16H2,1H3,(H,26,30). The molecule has 1 fully saturated rings. The second-order valence-electron chi connectivity index (χ2n) is 8.08. The minimum Gasteiger partial charge on any atom is -0.352 e. The quantitative estimate of drug-likeness (QED) is 0.567. The number of hydrogen-bond donors (Lipinski definition) is 1. The second kappa shape index (κ2) is 10.0. The van der Waals surface area contributed by atoms with E-state index in [1.54, 1.807) is 12.1 Å². The van der Waals surface area contributed by atoms with Gasteiger partial charge in [-0.3, -0.25) is 4.79 Å². The molecule has 0 saturated carbocycles. The predicted octanol–water partition coefficient (Wildman–Crippen LogP) is 4.37. The normalized spacial score (nSPS) is 17.0. The number of rotatable bonds is 8. The Morgan fingerprint density at radius 2 is 1.97 bits per heavy atom. The molecule has 3 aromatic rings. The van der Waals surface area contributed by atoms with Crippen LogP contribution in [0.2, 0.25) is 0 Å². The van der Waals surface area contributed by atoms with Crippen molar-refractivity contribution in [3.05, 3.63) is 77.4 Å². The highest BCUT2D eigenvalue weighted by molar-refractivity contribution is 7.09. The van der Waals surface area contributed by atoms with Crippen LogP contribution in [0.5, 0.6) is 0 Å². The van der Waals surface area contributed by atoms with Crippen LogP contribution < -0.4 is 10.2 Å². The van der Waals surface area contributed by atoms with Crippen molar-refractivity contribution in [3.63, 3.8) is 0 Å². The number of anilines is 1. The number of aromatic nitrogens is 2. The molecule has 0 aliphatic carbocycles. The zero-order valence-electron chi connectivity index (χ0n) is 17.6. The van der Waals surface area contributed by atoms with Crippen LogP contribution in [0.3, 0.4) is 0 Å². The predicted molar refractivity (Wildman–Crippen MR) is 122 cm³/mol. The molecule has 31 heavy (non-hydrogen) atoms. The van der Waals surface area contributed by atoms with E-state index < -0.39 is 0 Å². The Bertz CT molecular complexity index is 992. The average molecular weight is 439 g/mol. The van der Waals surface area contributed by atoms with Crippen LogP contribution in [0, 0.1) is 5.82 Å². The monoisotopic (exact) mass is 438 g/mol. The molecule has 1 N–H and O–H groups in total. The summed E-state index contributed by atoms with van der Waals surface area (Å²) in [4.78, 5) is 19.7. The lowest BCUT2D eigenvalue weighted by atomic mass is 10.1. The highest BCUT2D eigenvalue weighted by Gasteiger charge is 2.33. The molecule has 2 atom stereocenters. The van der Waals surface area contributed by atoms with Gasteiger partial charge in [0.25, 0.3) is 0 Å². The number of halogens is 1. The van der Waals surface area contributed by atoms with Gasteiger partial charge in [-0.2, -0.15) is 4.37 Å². The fourth-order valence-corrected chi connectivity index (χ4v) is 4.69. The lowest BCUT2D eigenvalue weighted by Crippen LogP contribution is -2.46. The number of amides is 1. The third kappa shape index (κ3) is 5.67. The topological polar surface area (TPSA) is 58.1 Å². The molecule has 1 amide bonds. The molecule has 1 aromatic heterocycles. The van der Waals surface area contributed by atoms with E-state index in [-0.39, 0.29) is 23.8 Å². The SMILES string of the molecule is CC(CCc1ccccc1)NC(=O)C1CCCN1c1nc(Cc2ccc(F)cc2)ns1. The first kappa shape index (κ1) is 21.4. The fourth-order valence-electron chi connectivity index (χ4n) is 3.93. The molecule has 0 bridgehead atoms. The van der Waals surface area contributed by atoms with Gasteiger partial charge in [-0.1, -0.05) is 42.5 Å². The highest BCUT2D eigenvalue weighted by atomic mass is 32.1. The van der Waals surface area contributed by atoms with Crippen LogP contribution in [-0.4, -0.2) is 33.9 Å². The molecule has 1 aliphatic heterocycles. The minimum atomic E-state index is -0.250. The first-order valence-corrected chi connectivity index (χ1v) is 11.5. The molecule has 1 aliphatic rings. The number of aryl methyl sites for hydroxylation is 1. The van der Waals surface area contributed by atoms with Gasteiger partial charge >= 0.3 is 0 Å². The smallest absolute Gasteiger partial charge is 0.242 e. The van der Waals surface area contributed by atoms with Crippen molar-refractivity contribution < 1.29 is 9.18 Å². The largest absolute Gasteiger partial charge is 0.352 e. The molecule has 162 valence electrons. The summed E-state index contributed by atoms with van der Waals surface area (Å²) < 4.78 is 17.6. The maximum absolute atomic E-state index is 13.1. The van der Waals surface area contributed by atoms with Crippen LogP contribution in [0.4, 0.5) is 9.52 Å². The van der Waals surface area contributed by atoms with Crippen molar-refractivity contribution in [2.24, 2.45) is 0 Å². The Labute approximate surface area is 186 Å². The second-order valence-corrected chi connectivity index (χ2v) is 8.81. The van der Waals surface area contributed by atoms with Gasteiger partial charge in [0.1, 0.15) is 17.7 Å². The molecule has 0 spiro atoms. The summed E-state index contributed by atoms with van der Waals surface area (Å²) >= 11 is 1.33. The van der Waals surface area contributed by atoms with Crippen LogP contribution in [0.25, 0.3) is 0 Å². The number of carbonyl (C=O) groups excluding carboxylic acids is 1. The first-order valence-electron chi connectivity index (χ1n) is 10.8. The van der Waals surface area contributed by atoms with Crippen LogP contribution in [-0.2, 0) is 17.6 Å². The Hall–Kier alpha value is -2.80. The van der Waals surface area contributed by atoms with E-state index >= 15 is 0 Å². The van der Waals surface area contributed by atoms with Crippen LogP contribution >= 0.6 is 11.5 Å². The third-order valence-electron chi connectivity index (χ3n) is 5.63. The van der Waals surface area contributed by atoms with Crippen LogP contribution in [0.1, 0.15) is 43.1 Å². The molecule has 2 heterocycles. The van der Waals surface area contributed by atoms with Gasteiger partial charge in [0, 0.05) is 30.5 Å². The fraction of sp³-hybridized carbons (Fsp3) is 0.375. The zero-order valence-corrected chi connectivity index (χ0v) is 18.4. The average Bonchev–Trinajstić information content (AvgIpc) is 3.44. The molecule has 0 radical (unpaired) electrons. The van der Waals surface area contributed by atoms with Crippen molar-refractivity contribution in [1.29, 1.82) is 0 Å². The van der Waals surface area contributed by atoms with Crippen molar-refractivity contribution in [1.82, 2.24) is 14.7 Å². The van der Waals surface area contributed by atoms with Crippen molar-refractivity contribution in [3.8, 4) is 0 Å². The van der Waals surface area contributed by atoms with Gasteiger partial charge in [-0.15, -0.1) is 0 Å². The summed E-state index contributed by atoms with van der Waals surface area (Å²) in [5.74, 6) is 0.516. The van der Waals surface area contributed by atoms with Gasteiger partial charge < -0.3 is 10.2 Å². The maximum Gasteiger partial charge on any atom is 0.242 e. The molecule has 5 nitrogen and oxygen atoms in total. The van der Waals surface area contributed by atoms with E-state index in [0.717, 1.165) is 42.9 Å². The van der Waals surface area contributed by atoms with E-state index in [2.05, 4.69) is 38.6 Å². The summed E-state index contributed by atoms with van der Waals surface area (Å²) in [7, 11) is 0. The maximum atomic E-state index is 13.1. The lowest BCUT2D eigenvalue weighted by Gasteiger charge is -2.24. The molecule has 2 aromatic carbocycles. The Balaban J connectivity index is 1.33. The number of hydrogen-bond acceptors (Lipinski definition) is 5. The van der Waals surface area contributed by atoms with E-state index in [0.29, 0.717) is 12.2 Å². The van der Waals surface area contributed by atoms with Gasteiger partial charge in [0.05, 0.1) is 0 Å². The van der Waals surface area contributed by atoms with Gasteiger partial charge in [0.15, 0.2) is 0 Å². The molecule has 7 heteroatoms. The number of carbonyl (C=O) groups is 1. The number of nitrogens with one attached hydrogen (secondary N) is 1. The van der Waals surface area contributed by atoms with E-state index in [1.165, 1.54) is 29.2 Å². The molecule has 4 rings (SSSR count). The number of benzene rings is 2. The van der Waals surface area contributed by atoms with Crippen LogP contribution in [0.15, 0.2) is 54.6 Å². The number of nitrogens with zero attached hydrogens (tertiary/aromatic N) is 3. The van der Waals surface area contributed by atoms with Crippen molar-refractivity contribution in [2.75, 3.05) is 11.4 Å². The Morgan fingerprint density at radius 1 is 1.19 bits per heavy atom. The van der Waals surface area contributed by atoms with E-state index in [4.69, 9.17) is 0 Å². The molecular weight excluding hydrogens is 411 g/mol. The highest BCUT2D eigenvalue weighted by Crippen LogP contribution is 2.28. The Morgan fingerprint density at radius 3 is 2.74 bits per heavy atom. The summed E-state index contributed by atoms with van der Waals surface area (Å²) in [5.41, 5.74) is 2.25. The van der Waals surface area contributed by atoms with E-state index in [9.17, 15) is 9.18 Å². The van der Waals surface area contributed by atoms with Gasteiger partial charge in [-0.05, 0) is 55.9 Å². The molecule has 1 saturated heterocycles. The molecule has 2 unspecified atom stereocenters. The first-order chi connectivity index (χ1) is 15.1. The summed E-state index contributed by atoms with van der Waals surface area (Å²) in [6.45, 7) is 2.87. The van der Waals surface area contributed by atoms with Gasteiger partial charge in [-0.25, -0.2) is 9.37 Å². The van der Waals surface area contributed by atoms with Crippen molar-refractivity contribution in [2.45, 2.75) is 51.1 Å². The zero-order chi connectivity index (χ0) is 21.6. The lowest BCUT2D eigenvalue weighted by molar-refractivity contribution is -0.122. The molecular formula is C24H27FN4OS. The summed E-state index contributed by atoms with van der Waals surface area (Å²) in [5, 5.41) is 3.97. The van der Waals surface area contributed by atoms with E-state index in [1.807, 2.05) is 18.2 Å². The minimum absolute atomic E-state index is 0.0633. The summed E-state index contributed by atoms with van der Waals surface area (Å²) in [6.07, 6.45) is 4.19. The van der Waals surface area contributed by atoms with Crippen molar-refractivity contribution >= 4 is 22.6 Å². The van der Waals surface area contributed by atoms with Gasteiger partial charge in [0.2, 0.25) is 11.0 Å².